The average Bonchev–Trinajstić information content (AvgIpc) is 3.72. The van der Waals surface area contributed by atoms with E-state index in [1.54, 1.807) is 27.7 Å². The molecule has 2 aromatic rings. The fourth-order valence-electron chi connectivity index (χ4n) is 7.15. The SMILES string of the molecule is CC1(C)O[C@H]([C@@H]2OC(C)(C)O[C@H]2C(O)O[C@@H]2O[C@@H]3COC(c4ccccc4)O[C@H]3[C@H](OCc3ccccc3)[C@@H]2O)[C@@H]([C@@H]2COC(C)(C)O2)O1. The fourth-order valence-corrected chi connectivity index (χ4v) is 7.15. The highest BCUT2D eigenvalue weighted by Gasteiger charge is 2.60. The summed E-state index contributed by atoms with van der Waals surface area (Å²) in [6, 6.07) is 19.2. The van der Waals surface area contributed by atoms with Crippen molar-refractivity contribution in [1.82, 2.24) is 0 Å². The van der Waals surface area contributed by atoms with Crippen LogP contribution in [0.4, 0.5) is 0 Å². The Morgan fingerprint density at radius 3 is 2.06 bits per heavy atom. The lowest BCUT2D eigenvalue weighted by Crippen LogP contribution is -2.64. The molecule has 49 heavy (non-hydrogen) atoms. The second-order valence-corrected chi connectivity index (χ2v) is 14.5. The molecule has 5 saturated heterocycles. The zero-order chi connectivity index (χ0) is 34.6. The Labute approximate surface area is 286 Å². The molecule has 5 fully saturated rings. The smallest absolute Gasteiger partial charge is 0.189 e. The first kappa shape index (κ1) is 35.3. The van der Waals surface area contributed by atoms with Gasteiger partial charge in [0, 0.05) is 5.56 Å². The van der Waals surface area contributed by atoms with Gasteiger partial charge >= 0.3 is 0 Å². The minimum Gasteiger partial charge on any atom is -0.385 e. The van der Waals surface area contributed by atoms with Gasteiger partial charge < -0.3 is 62.3 Å². The van der Waals surface area contributed by atoms with Crippen LogP contribution in [0.25, 0.3) is 0 Å². The molecule has 2 N–H and O–H groups in total. The van der Waals surface area contributed by atoms with E-state index in [1.165, 1.54) is 0 Å². The molecule has 13 nitrogen and oxygen atoms in total. The van der Waals surface area contributed by atoms with Gasteiger partial charge in [0.15, 0.2) is 36.2 Å². The second-order valence-electron chi connectivity index (χ2n) is 14.5. The molecular formula is C36H48O13. The maximum absolute atomic E-state index is 11.7. The Kier molecular flexibility index (Phi) is 9.95. The molecule has 0 aromatic heterocycles. The van der Waals surface area contributed by atoms with E-state index in [2.05, 4.69) is 0 Å². The van der Waals surface area contributed by atoms with Crippen molar-refractivity contribution < 1.29 is 62.3 Å². The van der Waals surface area contributed by atoms with E-state index in [0.717, 1.165) is 11.1 Å². The minimum absolute atomic E-state index is 0.140. The predicted octanol–water partition coefficient (Wildman–Crippen LogP) is 3.30. The van der Waals surface area contributed by atoms with Crippen molar-refractivity contribution in [3.05, 3.63) is 71.8 Å². The summed E-state index contributed by atoms with van der Waals surface area (Å²) in [5, 5.41) is 23.4. The second kappa shape index (κ2) is 13.8. The zero-order valence-corrected chi connectivity index (χ0v) is 28.7. The first-order valence-corrected chi connectivity index (χ1v) is 17.0. The highest BCUT2D eigenvalue weighted by molar-refractivity contribution is 5.17. The van der Waals surface area contributed by atoms with Crippen LogP contribution in [0.1, 0.15) is 59.0 Å². The molecule has 0 bridgehead atoms. The molecule has 7 rings (SSSR count). The molecule has 12 atom stereocenters. The molecule has 2 aromatic carbocycles. The molecular weight excluding hydrogens is 640 g/mol. The van der Waals surface area contributed by atoms with Crippen LogP contribution in [-0.2, 0) is 58.7 Å². The van der Waals surface area contributed by atoms with E-state index in [-0.39, 0.29) is 13.2 Å². The minimum atomic E-state index is -1.62. The summed E-state index contributed by atoms with van der Waals surface area (Å²) in [6.07, 6.45) is -10.9. The van der Waals surface area contributed by atoms with E-state index < -0.39 is 91.2 Å². The van der Waals surface area contributed by atoms with Crippen molar-refractivity contribution in [2.75, 3.05) is 13.2 Å². The molecule has 0 spiro atoms. The van der Waals surface area contributed by atoms with E-state index in [4.69, 9.17) is 52.1 Å². The van der Waals surface area contributed by atoms with Crippen molar-refractivity contribution in [1.29, 1.82) is 0 Å². The van der Waals surface area contributed by atoms with Gasteiger partial charge in [-0.3, -0.25) is 0 Å². The largest absolute Gasteiger partial charge is 0.385 e. The van der Waals surface area contributed by atoms with Crippen LogP contribution in [0.3, 0.4) is 0 Å². The van der Waals surface area contributed by atoms with Gasteiger partial charge in [0.2, 0.25) is 0 Å². The topological polar surface area (TPSA) is 142 Å². The fraction of sp³-hybridized carbons (Fsp3) is 0.667. The Morgan fingerprint density at radius 2 is 1.37 bits per heavy atom. The van der Waals surface area contributed by atoms with Crippen molar-refractivity contribution in [2.24, 2.45) is 0 Å². The lowest BCUT2D eigenvalue weighted by atomic mass is 9.97. The van der Waals surface area contributed by atoms with Crippen molar-refractivity contribution >= 4 is 0 Å². The summed E-state index contributed by atoms with van der Waals surface area (Å²) in [4.78, 5) is 0. The number of aliphatic hydroxyl groups excluding tert-OH is 2. The number of aliphatic hydroxyl groups is 2. The summed E-state index contributed by atoms with van der Waals surface area (Å²) in [5.41, 5.74) is 1.75. The molecule has 2 unspecified atom stereocenters. The lowest BCUT2D eigenvalue weighted by Gasteiger charge is -2.48. The normalized spacial score (nSPS) is 40.2. The van der Waals surface area contributed by atoms with Gasteiger partial charge in [-0.05, 0) is 47.1 Å². The standard InChI is InChI=1S/C36H48O13/c1-34(2)41-19-23(45-34)26-28(47-35(3,4)46-26)29-30(49-36(5,6)48-29)31(38)44-33-24(37)27(39-17-20-13-9-7-10-14-20)25-22(42-33)18-40-32(43-25)21-15-11-8-12-16-21/h7-16,22-33,37-38H,17-19H2,1-6H3/t22-,23+,24+,25-,26-,27-,28+,29+,30-,31?,32?,33+/m1/s1. The summed E-state index contributed by atoms with van der Waals surface area (Å²) in [6.45, 7) is 11.4. The monoisotopic (exact) mass is 688 g/mol. The Bertz CT molecular complexity index is 1390. The maximum Gasteiger partial charge on any atom is 0.189 e. The summed E-state index contributed by atoms with van der Waals surface area (Å²) in [5.74, 6) is -2.88. The molecule has 5 heterocycles. The van der Waals surface area contributed by atoms with Crippen molar-refractivity contribution in [3.8, 4) is 0 Å². The van der Waals surface area contributed by atoms with Crippen molar-refractivity contribution in [3.63, 3.8) is 0 Å². The Hall–Kier alpha value is -2.08. The van der Waals surface area contributed by atoms with Gasteiger partial charge in [-0.15, -0.1) is 0 Å². The Balaban J connectivity index is 1.09. The summed E-state index contributed by atoms with van der Waals surface area (Å²) in [7, 11) is 0. The quantitative estimate of drug-likeness (QED) is 0.373. The molecule has 0 saturated carbocycles. The molecule has 5 aliphatic rings. The molecule has 270 valence electrons. The van der Waals surface area contributed by atoms with Crippen LogP contribution >= 0.6 is 0 Å². The van der Waals surface area contributed by atoms with E-state index >= 15 is 0 Å². The lowest BCUT2D eigenvalue weighted by molar-refractivity contribution is -0.386. The highest BCUT2D eigenvalue weighted by atomic mass is 16.8. The Morgan fingerprint density at radius 1 is 0.714 bits per heavy atom. The molecule has 0 amide bonds. The number of hydrogen-bond acceptors (Lipinski definition) is 13. The van der Waals surface area contributed by atoms with Crippen LogP contribution in [0.2, 0.25) is 0 Å². The summed E-state index contributed by atoms with van der Waals surface area (Å²) < 4.78 is 68.2. The highest BCUT2D eigenvalue weighted by Crippen LogP contribution is 2.43. The molecule has 0 radical (unpaired) electrons. The number of rotatable bonds is 9. The number of benzene rings is 2. The van der Waals surface area contributed by atoms with Gasteiger partial charge in [0.05, 0.1) is 19.8 Å². The van der Waals surface area contributed by atoms with E-state index in [0.29, 0.717) is 6.61 Å². The van der Waals surface area contributed by atoms with Gasteiger partial charge in [-0.2, -0.15) is 0 Å². The molecule has 5 aliphatic heterocycles. The van der Waals surface area contributed by atoms with Gasteiger partial charge in [0.1, 0.15) is 54.9 Å². The first-order valence-electron chi connectivity index (χ1n) is 17.0. The van der Waals surface area contributed by atoms with E-state index in [1.807, 2.05) is 74.5 Å². The van der Waals surface area contributed by atoms with Gasteiger partial charge in [0.25, 0.3) is 0 Å². The van der Waals surface area contributed by atoms with Gasteiger partial charge in [-0.1, -0.05) is 60.7 Å². The molecule has 0 aliphatic carbocycles. The zero-order valence-electron chi connectivity index (χ0n) is 28.7. The van der Waals surface area contributed by atoms with Gasteiger partial charge in [-0.25, -0.2) is 0 Å². The third-order valence-electron chi connectivity index (χ3n) is 9.27. The third kappa shape index (κ3) is 7.75. The number of fused-ring (bicyclic) bond motifs is 1. The third-order valence-corrected chi connectivity index (χ3v) is 9.27. The first-order chi connectivity index (χ1) is 23.3. The van der Waals surface area contributed by atoms with Crippen LogP contribution < -0.4 is 0 Å². The predicted molar refractivity (Wildman–Crippen MR) is 169 cm³/mol. The van der Waals surface area contributed by atoms with Crippen LogP contribution in [0.15, 0.2) is 60.7 Å². The van der Waals surface area contributed by atoms with E-state index in [9.17, 15) is 10.2 Å². The van der Waals surface area contributed by atoms with Crippen LogP contribution in [-0.4, -0.2) is 108 Å². The van der Waals surface area contributed by atoms with Crippen LogP contribution in [0, 0.1) is 0 Å². The van der Waals surface area contributed by atoms with Crippen molar-refractivity contribution in [2.45, 2.75) is 139 Å². The summed E-state index contributed by atoms with van der Waals surface area (Å²) >= 11 is 0. The van der Waals surface area contributed by atoms with Crippen LogP contribution in [0.5, 0.6) is 0 Å². The molecule has 13 heteroatoms. The number of ether oxygens (including phenoxy) is 11. The number of hydrogen-bond donors (Lipinski definition) is 2. The average molecular weight is 689 g/mol. The maximum atomic E-state index is 11.7.